The van der Waals surface area contributed by atoms with E-state index in [9.17, 15) is 9.59 Å². The maximum atomic E-state index is 12.9. The molecule has 2 aromatic rings. The quantitative estimate of drug-likeness (QED) is 0.473. The van der Waals surface area contributed by atoms with Gasteiger partial charge in [-0.25, -0.2) is 4.90 Å². The van der Waals surface area contributed by atoms with Crippen molar-refractivity contribution >= 4 is 28.9 Å². The fraction of sp³-hybridized carbons (Fsp3) is 0.238. The zero-order valence-corrected chi connectivity index (χ0v) is 14.6. The summed E-state index contributed by atoms with van der Waals surface area (Å²) in [6.07, 6.45) is 3.49. The second-order valence-corrected chi connectivity index (χ2v) is 7.19. The summed E-state index contributed by atoms with van der Waals surface area (Å²) in [6, 6.07) is 16.4. The van der Waals surface area contributed by atoms with Crippen LogP contribution < -0.4 is 4.90 Å². The number of ether oxygens (including phenoxy) is 1. The second-order valence-electron chi connectivity index (χ2n) is 7.19. The van der Waals surface area contributed by atoms with Crippen LogP contribution in [0.2, 0.25) is 0 Å². The highest BCUT2D eigenvalue weighted by Crippen LogP contribution is 2.52. The highest BCUT2D eigenvalue weighted by molar-refractivity contribution is 6.23. The number of carbonyl (C=O) groups excluding carboxylic acids is 2. The third-order valence-electron chi connectivity index (χ3n) is 5.47. The van der Waals surface area contributed by atoms with Crippen LogP contribution in [0.5, 0.6) is 0 Å². The Kier molecular flexibility index (Phi) is 3.39. The van der Waals surface area contributed by atoms with Gasteiger partial charge in [0.25, 0.3) is 0 Å². The second kappa shape index (κ2) is 5.69. The van der Waals surface area contributed by atoms with Crippen molar-refractivity contribution in [2.75, 3.05) is 4.90 Å². The van der Waals surface area contributed by atoms with Gasteiger partial charge in [0.1, 0.15) is 0 Å². The van der Waals surface area contributed by atoms with Crippen LogP contribution in [0.25, 0.3) is 0 Å². The molecule has 3 aliphatic rings. The van der Waals surface area contributed by atoms with Crippen LogP contribution >= 0.6 is 0 Å². The van der Waals surface area contributed by atoms with Crippen LogP contribution in [0.4, 0.5) is 17.1 Å². The van der Waals surface area contributed by atoms with E-state index in [4.69, 9.17) is 4.74 Å². The normalized spacial score (nSPS) is 31.3. The van der Waals surface area contributed by atoms with Gasteiger partial charge in [-0.05, 0) is 43.3 Å². The number of benzene rings is 2. The molecule has 2 bridgehead atoms. The van der Waals surface area contributed by atoms with Gasteiger partial charge in [-0.1, -0.05) is 30.4 Å². The van der Waals surface area contributed by atoms with Gasteiger partial charge < -0.3 is 4.74 Å². The monoisotopic (exact) mass is 359 g/mol. The van der Waals surface area contributed by atoms with Gasteiger partial charge in [0, 0.05) is 0 Å². The first kappa shape index (κ1) is 16.1. The number of hydrogen-bond acceptors (Lipinski definition) is 5. The first-order valence-corrected chi connectivity index (χ1v) is 8.89. The molecule has 6 nitrogen and oxygen atoms in total. The van der Waals surface area contributed by atoms with E-state index in [-0.39, 0.29) is 17.9 Å². The molecular formula is C21H17N3O3. The van der Waals surface area contributed by atoms with Crippen molar-refractivity contribution in [3.63, 3.8) is 0 Å². The lowest BCUT2D eigenvalue weighted by atomic mass is 9.78. The minimum atomic E-state index is -0.680. The van der Waals surface area contributed by atoms with Crippen LogP contribution in [-0.2, 0) is 14.3 Å². The molecule has 2 fully saturated rings. The first-order chi connectivity index (χ1) is 13.1. The third kappa shape index (κ3) is 2.37. The highest BCUT2D eigenvalue weighted by Gasteiger charge is 2.65. The largest absolute Gasteiger partial charge is 0.362 e. The first-order valence-electron chi connectivity index (χ1n) is 8.89. The number of hydrogen-bond donors (Lipinski definition) is 0. The molecule has 5 rings (SSSR count). The lowest BCUT2D eigenvalue weighted by molar-refractivity contribution is -0.126. The smallest absolute Gasteiger partial charge is 0.241 e. The molecule has 2 aromatic carbocycles. The third-order valence-corrected chi connectivity index (χ3v) is 5.47. The van der Waals surface area contributed by atoms with Crippen molar-refractivity contribution in [1.29, 1.82) is 0 Å². The van der Waals surface area contributed by atoms with E-state index >= 15 is 0 Å². The highest BCUT2D eigenvalue weighted by atomic mass is 16.5. The summed E-state index contributed by atoms with van der Waals surface area (Å²) in [5.74, 6) is -1.26. The maximum absolute atomic E-state index is 12.9. The Bertz CT molecular complexity index is 983. The molecule has 2 amide bonds. The standard InChI is InChI=1S/C21H17N3O3/c1-21-12-11-16(27-21)17-18(21)20(26)24(19(17)25)15-9-7-14(8-10-15)23-22-13-5-3-2-4-6-13/h2-12,16-18H,1H3/t16-,17+,18-,21+/m1/s1. The van der Waals surface area contributed by atoms with Crippen molar-refractivity contribution in [1.82, 2.24) is 0 Å². The average Bonchev–Trinajstić information content (AvgIpc) is 3.30. The lowest BCUT2D eigenvalue weighted by Gasteiger charge is -2.24. The topological polar surface area (TPSA) is 71.3 Å². The summed E-state index contributed by atoms with van der Waals surface area (Å²) in [5.41, 5.74) is 1.29. The molecule has 0 spiro atoms. The molecule has 6 heteroatoms. The maximum Gasteiger partial charge on any atom is 0.241 e. The zero-order chi connectivity index (χ0) is 18.6. The number of azo groups is 1. The number of amides is 2. The van der Waals surface area contributed by atoms with E-state index in [2.05, 4.69) is 10.2 Å². The summed E-state index contributed by atoms with van der Waals surface area (Å²) in [5, 5.41) is 8.36. The fourth-order valence-corrected chi connectivity index (χ4v) is 4.19. The fourth-order valence-electron chi connectivity index (χ4n) is 4.19. The van der Waals surface area contributed by atoms with E-state index in [1.165, 1.54) is 4.90 Å². The van der Waals surface area contributed by atoms with Gasteiger partial charge in [-0.2, -0.15) is 10.2 Å². The summed E-state index contributed by atoms with van der Waals surface area (Å²) in [7, 11) is 0. The Balaban J connectivity index is 1.39. The average molecular weight is 359 g/mol. The van der Waals surface area contributed by atoms with Crippen LogP contribution in [0.3, 0.4) is 0 Å². The SMILES string of the molecule is C[C@@]12C=C[C@@H](O1)[C@@H]1C(=O)N(c3ccc(N=Nc4ccccc4)cc3)C(=O)[C@@H]12. The predicted octanol–water partition coefficient (Wildman–Crippen LogP) is 3.93. The molecule has 3 aliphatic heterocycles. The minimum absolute atomic E-state index is 0.193. The summed E-state index contributed by atoms with van der Waals surface area (Å²) in [6.45, 7) is 1.87. The van der Waals surface area contributed by atoms with Crippen LogP contribution in [0, 0.1) is 11.8 Å². The summed E-state index contributed by atoms with van der Waals surface area (Å²) in [4.78, 5) is 27.1. The molecule has 0 N–H and O–H groups in total. The molecule has 0 unspecified atom stereocenters. The molecule has 134 valence electrons. The molecule has 0 aromatic heterocycles. The Morgan fingerprint density at radius 1 is 0.926 bits per heavy atom. The van der Waals surface area contributed by atoms with Gasteiger partial charge in [-0.15, -0.1) is 0 Å². The van der Waals surface area contributed by atoms with Crippen molar-refractivity contribution in [2.24, 2.45) is 22.1 Å². The summed E-state index contributed by atoms with van der Waals surface area (Å²) >= 11 is 0. The predicted molar refractivity (Wildman–Crippen MR) is 99.0 cm³/mol. The van der Waals surface area contributed by atoms with E-state index in [0.717, 1.165) is 5.69 Å². The van der Waals surface area contributed by atoms with Crippen molar-refractivity contribution < 1.29 is 14.3 Å². The van der Waals surface area contributed by atoms with Crippen LogP contribution in [-0.4, -0.2) is 23.5 Å². The molecule has 0 aliphatic carbocycles. The van der Waals surface area contributed by atoms with Crippen molar-refractivity contribution in [3.8, 4) is 0 Å². The number of rotatable bonds is 3. The molecule has 0 saturated carbocycles. The molecule has 0 radical (unpaired) electrons. The summed E-state index contributed by atoms with van der Waals surface area (Å²) < 4.78 is 5.84. The number of carbonyl (C=O) groups is 2. The van der Waals surface area contributed by atoms with Gasteiger partial charge >= 0.3 is 0 Å². The number of nitrogens with zero attached hydrogens (tertiary/aromatic N) is 3. The van der Waals surface area contributed by atoms with E-state index in [1.807, 2.05) is 49.4 Å². The van der Waals surface area contributed by atoms with E-state index in [1.54, 1.807) is 24.3 Å². The number of anilines is 1. The molecule has 3 heterocycles. The van der Waals surface area contributed by atoms with Crippen molar-refractivity contribution in [3.05, 3.63) is 66.7 Å². The molecule has 27 heavy (non-hydrogen) atoms. The van der Waals surface area contributed by atoms with Gasteiger partial charge in [0.15, 0.2) is 0 Å². The van der Waals surface area contributed by atoms with Gasteiger partial charge in [0.2, 0.25) is 11.8 Å². The Morgan fingerprint density at radius 3 is 2.26 bits per heavy atom. The van der Waals surface area contributed by atoms with Crippen LogP contribution in [0.1, 0.15) is 6.92 Å². The molecule has 4 atom stereocenters. The zero-order valence-electron chi connectivity index (χ0n) is 14.6. The Hall–Kier alpha value is -3.12. The van der Waals surface area contributed by atoms with E-state index < -0.39 is 17.4 Å². The Morgan fingerprint density at radius 2 is 1.59 bits per heavy atom. The number of fused-ring (bicyclic) bond motifs is 5. The molecular weight excluding hydrogens is 342 g/mol. The van der Waals surface area contributed by atoms with Crippen molar-refractivity contribution in [2.45, 2.75) is 18.6 Å². The Labute approximate surface area is 156 Å². The van der Waals surface area contributed by atoms with Gasteiger partial charge in [0.05, 0.1) is 40.6 Å². The molecule has 2 saturated heterocycles. The lowest BCUT2D eigenvalue weighted by Crippen LogP contribution is -2.38. The van der Waals surface area contributed by atoms with E-state index in [0.29, 0.717) is 11.4 Å². The van der Waals surface area contributed by atoms with Crippen LogP contribution in [0.15, 0.2) is 77.0 Å². The number of imide groups is 1. The minimum Gasteiger partial charge on any atom is -0.362 e. The van der Waals surface area contributed by atoms with Gasteiger partial charge in [-0.3, -0.25) is 9.59 Å².